The molecule has 0 atom stereocenters. The van der Waals surface area contributed by atoms with Crippen LogP contribution in [-0.2, 0) is 0 Å². The van der Waals surface area contributed by atoms with Gasteiger partial charge in [-0.1, -0.05) is 13.3 Å². The highest BCUT2D eigenvalue weighted by atomic mass is 15.2. The highest BCUT2D eigenvalue weighted by Crippen LogP contribution is 2.43. The van der Waals surface area contributed by atoms with Gasteiger partial charge in [0.2, 0.25) is 0 Å². The second-order valence-electron chi connectivity index (χ2n) is 7.68. The highest BCUT2D eigenvalue weighted by Gasteiger charge is 2.34. The first-order valence-electron chi connectivity index (χ1n) is 10.1. The minimum Gasteiger partial charge on any atom is -0.357 e. The van der Waals surface area contributed by atoms with Crippen molar-refractivity contribution in [3.05, 3.63) is 0 Å². The number of aliphatic imine (C=N–C) groups is 1. The predicted octanol–water partition coefficient (Wildman–Crippen LogP) is 2.15. The number of likely N-dealkylation sites (N-methyl/N-ethyl adjacent to an activating group) is 1. The minimum atomic E-state index is 0.504. The summed E-state index contributed by atoms with van der Waals surface area (Å²) in [4.78, 5) is 9.87. The molecule has 0 unspecified atom stereocenters. The molecule has 2 N–H and O–H groups in total. The normalized spacial score (nSPS) is 22.2. The van der Waals surface area contributed by atoms with Gasteiger partial charge >= 0.3 is 0 Å². The Morgan fingerprint density at radius 2 is 1.79 bits per heavy atom. The minimum absolute atomic E-state index is 0.504. The van der Waals surface area contributed by atoms with Crippen LogP contribution in [0.3, 0.4) is 0 Å². The standard InChI is InChI=1S/C19H39N5/c1-4-19(9-8-10-19)17-22-18(20-5-2)21-11-6-7-12-24-15-13-23(3)14-16-24/h4-17H2,1-3H3,(H2,20,21,22). The van der Waals surface area contributed by atoms with Gasteiger partial charge in [-0.2, -0.15) is 0 Å². The van der Waals surface area contributed by atoms with Gasteiger partial charge in [-0.3, -0.25) is 4.99 Å². The molecule has 2 fully saturated rings. The monoisotopic (exact) mass is 337 g/mol. The van der Waals surface area contributed by atoms with Gasteiger partial charge in [0.1, 0.15) is 0 Å². The summed E-state index contributed by atoms with van der Waals surface area (Å²) in [6.07, 6.45) is 7.86. The highest BCUT2D eigenvalue weighted by molar-refractivity contribution is 5.79. The van der Waals surface area contributed by atoms with Crippen molar-refractivity contribution in [1.82, 2.24) is 20.4 Å². The Morgan fingerprint density at radius 3 is 2.38 bits per heavy atom. The number of hydrogen-bond donors (Lipinski definition) is 2. The van der Waals surface area contributed by atoms with Crippen LogP contribution >= 0.6 is 0 Å². The first-order chi connectivity index (χ1) is 11.7. The van der Waals surface area contributed by atoms with E-state index in [0.717, 1.165) is 25.6 Å². The zero-order chi connectivity index (χ0) is 17.3. The molecule has 0 bridgehead atoms. The summed E-state index contributed by atoms with van der Waals surface area (Å²) in [7, 11) is 2.22. The Morgan fingerprint density at radius 1 is 1.04 bits per heavy atom. The van der Waals surface area contributed by atoms with Gasteiger partial charge in [-0.25, -0.2) is 0 Å². The second kappa shape index (κ2) is 10.2. The number of unbranched alkanes of at least 4 members (excludes halogenated alkanes) is 1. The number of guanidine groups is 1. The van der Waals surface area contributed by atoms with Crippen molar-refractivity contribution in [2.24, 2.45) is 10.4 Å². The smallest absolute Gasteiger partial charge is 0.191 e. The lowest BCUT2D eigenvalue weighted by Gasteiger charge is -2.40. The predicted molar refractivity (Wildman–Crippen MR) is 104 cm³/mol. The van der Waals surface area contributed by atoms with Crippen LogP contribution in [0.5, 0.6) is 0 Å². The molecule has 1 saturated heterocycles. The SMILES string of the molecule is CCNC(=NCC1(CC)CCC1)NCCCCN1CCN(C)CC1. The third-order valence-corrected chi connectivity index (χ3v) is 5.87. The van der Waals surface area contributed by atoms with Crippen LogP contribution in [0.25, 0.3) is 0 Å². The van der Waals surface area contributed by atoms with Crippen LogP contribution in [0.1, 0.15) is 52.4 Å². The van der Waals surface area contributed by atoms with Gasteiger partial charge in [0.25, 0.3) is 0 Å². The van der Waals surface area contributed by atoms with Crippen LogP contribution < -0.4 is 10.6 Å². The molecule has 0 radical (unpaired) electrons. The maximum atomic E-state index is 4.85. The molecule has 0 amide bonds. The molecule has 140 valence electrons. The molecule has 0 aromatic rings. The summed E-state index contributed by atoms with van der Waals surface area (Å²) in [6.45, 7) is 13.5. The molecule has 5 heteroatoms. The summed E-state index contributed by atoms with van der Waals surface area (Å²) < 4.78 is 0. The number of rotatable bonds is 9. The quantitative estimate of drug-likeness (QED) is 0.384. The average molecular weight is 338 g/mol. The molecule has 5 nitrogen and oxygen atoms in total. The molecule has 0 spiro atoms. The van der Waals surface area contributed by atoms with E-state index in [0.29, 0.717) is 5.41 Å². The molecule has 1 aliphatic heterocycles. The van der Waals surface area contributed by atoms with Crippen molar-refractivity contribution in [3.8, 4) is 0 Å². The van der Waals surface area contributed by atoms with E-state index in [2.05, 4.69) is 41.3 Å². The Kier molecular flexibility index (Phi) is 8.33. The summed E-state index contributed by atoms with van der Waals surface area (Å²) in [5, 5.41) is 6.92. The van der Waals surface area contributed by atoms with Gasteiger partial charge in [0.05, 0.1) is 0 Å². The third kappa shape index (κ3) is 6.25. The van der Waals surface area contributed by atoms with Crippen LogP contribution in [-0.4, -0.2) is 75.2 Å². The lowest BCUT2D eigenvalue weighted by molar-refractivity contribution is 0.139. The fraction of sp³-hybridized carbons (Fsp3) is 0.947. The maximum absolute atomic E-state index is 4.85. The van der Waals surface area contributed by atoms with Crippen LogP contribution in [0.2, 0.25) is 0 Å². The Bertz CT molecular complexity index is 364. The van der Waals surface area contributed by atoms with Crippen molar-refractivity contribution in [1.29, 1.82) is 0 Å². The Labute approximate surface area is 149 Å². The zero-order valence-corrected chi connectivity index (χ0v) is 16.2. The molecular formula is C19H39N5. The lowest BCUT2D eigenvalue weighted by atomic mass is 9.67. The van der Waals surface area contributed by atoms with E-state index in [-0.39, 0.29) is 0 Å². The fourth-order valence-electron chi connectivity index (χ4n) is 3.63. The van der Waals surface area contributed by atoms with E-state index < -0.39 is 0 Å². The van der Waals surface area contributed by atoms with Crippen molar-refractivity contribution in [2.45, 2.75) is 52.4 Å². The first-order valence-corrected chi connectivity index (χ1v) is 10.1. The molecule has 24 heavy (non-hydrogen) atoms. The molecule has 0 aromatic heterocycles. The Balaban J connectivity index is 1.60. The summed E-state index contributed by atoms with van der Waals surface area (Å²) >= 11 is 0. The second-order valence-corrected chi connectivity index (χ2v) is 7.68. The van der Waals surface area contributed by atoms with Gasteiger partial charge in [-0.15, -0.1) is 0 Å². The Hall–Kier alpha value is -0.810. The topological polar surface area (TPSA) is 42.9 Å². The number of nitrogens with one attached hydrogen (secondary N) is 2. The van der Waals surface area contributed by atoms with E-state index in [1.54, 1.807) is 0 Å². The van der Waals surface area contributed by atoms with Gasteiger partial charge in [0.15, 0.2) is 5.96 Å². The van der Waals surface area contributed by atoms with Gasteiger partial charge in [0, 0.05) is 45.8 Å². The van der Waals surface area contributed by atoms with Crippen molar-refractivity contribution in [2.75, 3.05) is 59.4 Å². The number of hydrogen-bond acceptors (Lipinski definition) is 3. The average Bonchev–Trinajstić information content (AvgIpc) is 2.55. The van der Waals surface area contributed by atoms with E-state index in [1.165, 1.54) is 71.2 Å². The lowest BCUT2D eigenvalue weighted by Crippen LogP contribution is -2.44. The van der Waals surface area contributed by atoms with Crippen LogP contribution in [0.4, 0.5) is 0 Å². The van der Waals surface area contributed by atoms with Crippen LogP contribution in [0, 0.1) is 5.41 Å². The molecule has 2 rings (SSSR count). The first kappa shape index (κ1) is 19.5. The molecule has 1 saturated carbocycles. The summed E-state index contributed by atoms with van der Waals surface area (Å²) in [6, 6.07) is 0. The van der Waals surface area contributed by atoms with Gasteiger partial charge in [-0.05, 0) is 58.0 Å². The van der Waals surface area contributed by atoms with Gasteiger partial charge < -0.3 is 20.4 Å². The van der Waals surface area contributed by atoms with Crippen molar-refractivity contribution in [3.63, 3.8) is 0 Å². The molecule has 1 aliphatic carbocycles. The van der Waals surface area contributed by atoms with Crippen molar-refractivity contribution < 1.29 is 0 Å². The van der Waals surface area contributed by atoms with E-state index in [1.807, 2.05) is 0 Å². The van der Waals surface area contributed by atoms with E-state index in [9.17, 15) is 0 Å². The third-order valence-electron chi connectivity index (χ3n) is 5.87. The fourth-order valence-corrected chi connectivity index (χ4v) is 3.63. The maximum Gasteiger partial charge on any atom is 0.191 e. The molecule has 2 aliphatic rings. The summed E-state index contributed by atoms with van der Waals surface area (Å²) in [5.74, 6) is 1.01. The molecule has 0 aromatic carbocycles. The number of nitrogens with zero attached hydrogens (tertiary/aromatic N) is 3. The largest absolute Gasteiger partial charge is 0.357 e. The van der Waals surface area contributed by atoms with Crippen LogP contribution in [0.15, 0.2) is 4.99 Å². The van der Waals surface area contributed by atoms with E-state index in [4.69, 9.17) is 4.99 Å². The molecule has 1 heterocycles. The zero-order valence-electron chi connectivity index (χ0n) is 16.2. The summed E-state index contributed by atoms with van der Waals surface area (Å²) in [5.41, 5.74) is 0.504. The molecular weight excluding hydrogens is 298 g/mol. The van der Waals surface area contributed by atoms with Crippen molar-refractivity contribution >= 4 is 5.96 Å². The van der Waals surface area contributed by atoms with E-state index >= 15 is 0 Å². The number of piperazine rings is 1.